The molecule has 1 amide bonds. The molecular weight excluding hydrogens is 424 g/mol. The van der Waals surface area contributed by atoms with Crippen LogP contribution in [0.3, 0.4) is 0 Å². The maximum Gasteiger partial charge on any atom is 0.246 e. The molecule has 0 aliphatic rings. The van der Waals surface area contributed by atoms with Gasteiger partial charge in [-0.1, -0.05) is 30.3 Å². The Kier molecular flexibility index (Phi) is 5.55. The molecule has 3 aromatic heterocycles. The van der Waals surface area contributed by atoms with E-state index in [9.17, 15) is 4.79 Å². The minimum Gasteiger partial charge on any atom is -0.324 e. The zero-order valence-corrected chi connectivity index (χ0v) is 18.4. The first-order chi connectivity index (χ1) is 16.6. The van der Waals surface area contributed by atoms with Gasteiger partial charge < -0.3 is 5.32 Å². The van der Waals surface area contributed by atoms with Crippen molar-refractivity contribution in [2.45, 2.75) is 13.5 Å². The highest BCUT2D eigenvalue weighted by Crippen LogP contribution is 2.34. The van der Waals surface area contributed by atoms with E-state index in [4.69, 9.17) is 10.4 Å². The van der Waals surface area contributed by atoms with Crippen LogP contribution in [0.15, 0.2) is 85.2 Å². The van der Waals surface area contributed by atoms with Crippen molar-refractivity contribution in [1.29, 1.82) is 5.26 Å². The van der Waals surface area contributed by atoms with Crippen LogP contribution in [-0.4, -0.2) is 25.7 Å². The molecule has 0 aliphatic carbocycles. The number of anilines is 1. The lowest BCUT2D eigenvalue weighted by Gasteiger charge is -2.06. The minimum absolute atomic E-state index is 0.0125. The van der Waals surface area contributed by atoms with Gasteiger partial charge in [0.1, 0.15) is 12.2 Å². The number of nitriles is 1. The van der Waals surface area contributed by atoms with Gasteiger partial charge >= 0.3 is 0 Å². The number of benzene rings is 2. The predicted molar refractivity (Wildman–Crippen MR) is 131 cm³/mol. The molecule has 5 aromatic rings. The van der Waals surface area contributed by atoms with Crippen LogP contribution in [-0.2, 0) is 11.3 Å². The van der Waals surface area contributed by atoms with Gasteiger partial charge in [-0.15, -0.1) is 0 Å². The number of carbonyl (C=O) groups is 1. The molecule has 0 saturated heterocycles. The number of para-hydroxylation sites is 1. The topological polar surface area (TPSA) is 96.5 Å². The second kappa shape index (κ2) is 8.96. The lowest BCUT2D eigenvalue weighted by Crippen LogP contribution is -2.19. The summed E-state index contributed by atoms with van der Waals surface area (Å²) in [5.74, 6) is -0.243. The van der Waals surface area contributed by atoms with Crippen LogP contribution in [0.2, 0.25) is 0 Å². The second-order valence-corrected chi connectivity index (χ2v) is 7.87. The summed E-state index contributed by atoms with van der Waals surface area (Å²) in [5.41, 5.74) is 6.08. The highest BCUT2D eigenvalue weighted by molar-refractivity contribution is 5.97. The minimum atomic E-state index is -0.243. The Labute approximate surface area is 196 Å². The van der Waals surface area contributed by atoms with Crippen molar-refractivity contribution in [2.75, 3.05) is 5.32 Å². The third-order valence-corrected chi connectivity index (χ3v) is 5.41. The second-order valence-electron chi connectivity index (χ2n) is 7.87. The van der Waals surface area contributed by atoms with Gasteiger partial charge in [-0.2, -0.15) is 10.4 Å². The molecular formula is C27H20N6O. The molecule has 0 unspecified atom stereocenters. The smallest absolute Gasteiger partial charge is 0.246 e. The summed E-state index contributed by atoms with van der Waals surface area (Å²) in [6.45, 7) is 1.95. The molecule has 0 spiro atoms. The normalized spacial score (nSPS) is 10.7. The number of fused-ring (bicyclic) bond motifs is 1. The van der Waals surface area contributed by atoms with E-state index >= 15 is 0 Å². The number of rotatable bonds is 5. The van der Waals surface area contributed by atoms with E-state index in [0.717, 1.165) is 33.4 Å². The van der Waals surface area contributed by atoms with E-state index < -0.39 is 0 Å². The highest BCUT2D eigenvalue weighted by Gasteiger charge is 2.18. The summed E-state index contributed by atoms with van der Waals surface area (Å²) in [5, 5.41) is 17.7. The molecule has 2 aromatic carbocycles. The molecule has 3 heterocycles. The van der Waals surface area contributed by atoms with Gasteiger partial charge in [-0.3, -0.25) is 19.4 Å². The molecule has 164 valence electrons. The molecule has 0 fully saturated rings. The SMILES string of the molecule is Cc1cccc(-c2nn(CC(=O)Nc3cccc(C#N)c3)cc2-c2ccnc3ccccc23)n1. The number of nitrogens with one attached hydrogen (secondary N) is 1. The van der Waals surface area contributed by atoms with E-state index in [1.807, 2.05) is 61.7 Å². The maximum absolute atomic E-state index is 12.8. The Morgan fingerprint density at radius 3 is 2.74 bits per heavy atom. The van der Waals surface area contributed by atoms with Crippen molar-refractivity contribution < 1.29 is 4.79 Å². The first kappa shape index (κ1) is 21.0. The first-order valence-corrected chi connectivity index (χ1v) is 10.8. The molecule has 7 heteroatoms. The Morgan fingerprint density at radius 2 is 1.88 bits per heavy atom. The van der Waals surface area contributed by atoms with Crippen molar-refractivity contribution in [3.8, 4) is 28.6 Å². The van der Waals surface area contributed by atoms with Crippen molar-refractivity contribution >= 4 is 22.5 Å². The molecule has 1 N–H and O–H groups in total. The third-order valence-electron chi connectivity index (χ3n) is 5.41. The standard InChI is InChI=1S/C27H20N6O/c1-18-6-4-11-25(30-18)27-23(21-12-13-29-24-10-3-2-9-22(21)24)16-33(32-27)17-26(34)31-20-8-5-7-19(14-20)15-28/h2-14,16H,17H2,1H3,(H,31,34). The lowest BCUT2D eigenvalue weighted by molar-refractivity contribution is -0.116. The van der Waals surface area contributed by atoms with E-state index in [1.165, 1.54) is 0 Å². The van der Waals surface area contributed by atoms with Crippen LogP contribution in [0.25, 0.3) is 33.4 Å². The molecule has 5 rings (SSSR count). The van der Waals surface area contributed by atoms with Crippen LogP contribution >= 0.6 is 0 Å². The summed E-state index contributed by atoms with van der Waals surface area (Å²) >= 11 is 0. The molecule has 7 nitrogen and oxygen atoms in total. The summed E-state index contributed by atoms with van der Waals surface area (Å²) < 4.78 is 1.62. The number of aromatic nitrogens is 4. The van der Waals surface area contributed by atoms with Crippen molar-refractivity contribution in [3.05, 3.63) is 96.4 Å². The summed E-state index contributed by atoms with van der Waals surface area (Å²) in [6.07, 6.45) is 3.64. The summed E-state index contributed by atoms with van der Waals surface area (Å²) in [6, 6.07) is 24.6. The molecule has 0 bridgehead atoms. The number of hydrogen-bond acceptors (Lipinski definition) is 5. The molecule has 0 atom stereocenters. The van der Waals surface area contributed by atoms with E-state index in [-0.39, 0.29) is 12.5 Å². The van der Waals surface area contributed by atoms with Gasteiger partial charge in [-0.05, 0) is 55.0 Å². The van der Waals surface area contributed by atoms with Crippen LogP contribution in [0, 0.1) is 18.3 Å². The fourth-order valence-electron chi connectivity index (χ4n) is 3.91. The molecule has 34 heavy (non-hydrogen) atoms. The molecule has 0 aliphatic heterocycles. The lowest BCUT2D eigenvalue weighted by atomic mass is 10.0. The average Bonchev–Trinajstić information content (AvgIpc) is 3.27. The van der Waals surface area contributed by atoms with Gasteiger partial charge in [0, 0.05) is 34.7 Å². The Bertz CT molecular complexity index is 1560. The zero-order chi connectivity index (χ0) is 23.5. The zero-order valence-electron chi connectivity index (χ0n) is 18.4. The van der Waals surface area contributed by atoms with E-state index in [1.54, 1.807) is 35.1 Å². The monoisotopic (exact) mass is 444 g/mol. The van der Waals surface area contributed by atoms with Crippen molar-refractivity contribution in [3.63, 3.8) is 0 Å². The Balaban J connectivity index is 1.54. The Hall–Kier alpha value is -4.83. The Morgan fingerprint density at radius 1 is 1.03 bits per heavy atom. The van der Waals surface area contributed by atoms with Crippen LogP contribution in [0.4, 0.5) is 5.69 Å². The van der Waals surface area contributed by atoms with Crippen molar-refractivity contribution in [2.24, 2.45) is 0 Å². The fourth-order valence-corrected chi connectivity index (χ4v) is 3.91. The number of pyridine rings is 2. The van der Waals surface area contributed by atoms with Gasteiger partial charge in [0.15, 0.2) is 0 Å². The summed E-state index contributed by atoms with van der Waals surface area (Å²) in [7, 11) is 0. The fraction of sp³-hybridized carbons (Fsp3) is 0.0741. The molecule has 0 saturated carbocycles. The number of nitrogens with zero attached hydrogens (tertiary/aromatic N) is 5. The largest absolute Gasteiger partial charge is 0.324 e. The predicted octanol–water partition coefficient (Wildman–Crippen LogP) is 4.98. The third kappa shape index (κ3) is 4.25. The van der Waals surface area contributed by atoms with Crippen LogP contribution < -0.4 is 5.32 Å². The number of amides is 1. The van der Waals surface area contributed by atoms with Gasteiger partial charge in [0.25, 0.3) is 0 Å². The summed E-state index contributed by atoms with van der Waals surface area (Å²) in [4.78, 5) is 21.9. The van der Waals surface area contributed by atoms with Gasteiger partial charge in [-0.25, -0.2) is 0 Å². The number of aryl methyl sites for hydroxylation is 1. The van der Waals surface area contributed by atoms with Crippen LogP contribution in [0.1, 0.15) is 11.3 Å². The first-order valence-electron chi connectivity index (χ1n) is 10.8. The average molecular weight is 444 g/mol. The quantitative estimate of drug-likeness (QED) is 0.412. The van der Waals surface area contributed by atoms with Gasteiger partial charge in [0.2, 0.25) is 5.91 Å². The van der Waals surface area contributed by atoms with E-state index in [2.05, 4.69) is 21.4 Å². The maximum atomic E-state index is 12.8. The number of hydrogen-bond donors (Lipinski definition) is 1. The molecule has 0 radical (unpaired) electrons. The number of carbonyl (C=O) groups excluding carboxylic acids is 1. The van der Waals surface area contributed by atoms with Crippen molar-refractivity contribution in [1.82, 2.24) is 19.7 Å². The highest BCUT2D eigenvalue weighted by atomic mass is 16.2. The van der Waals surface area contributed by atoms with Crippen LogP contribution in [0.5, 0.6) is 0 Å². The van der Waals surface area contributed by atoms with Gasteiger partial charge in [0.05, 0.1) is 22.8 Å². The van der Waals surface area contributed by atoms with E-state index in [0.29, 0.717) is 16.9 Å².